The zero-order valence-corrected chi connectivity index (χ0v) is 11.9. The first kappa shape index (κ1) is 12.7. The van der Waals surface area contributed by atoms with E-state index >= 15 is 0 Å². The van der Waals surface area contributed by atoms with Gasteiger partial charge in [-0.05, 0) is 16.2 Å². The van der Waals surface area contributed by atoms with Crippen LogP contribution in [0.1, 0.15) is 0 Å². The van der Waals surface area contributed by atoms with E-state index in [4.69, 9.17) is 0 Å². The van der Waals surface area contributed by atoms with Crippen molar-refractivity contribution in [3.8, 4) is 0 Å². The fraction of sp³-hybridized carbons (Fsp3) is 0. The molecule has 0 aliphatic heterocycles. The number of benzene rings is 5. The SMILES string of the molecule is [Li+].[c-]1ccc2cccc3c4cccc5cccc(c1c23)c54. The first-order chi connectivity index (χ1) is 9.93. The van der Waals surface area contributed by atoms with E-state index in [-0.39, 0.29) is 18.9 Å². The minimum atomic E-state index is 0. The second kappa shape index (κ2) is 4.50. The Morgan fingerprint density at radius 3 is 1.86 bits per heavy atom. The number of rotatable bonds is 0. The van der Waals surface area contributed by atoms with Crippen molar-refractivity contribution in [3.05, 3.63) is 72.8 Å². The molecule has 0 unspecified atom stereocenters. The van der Waals surface area contributed by atoms with E-state index in [9.17, 15) is 0 Å². The van der Waals surface area contributed by atoms with Crippen LogP contribution in [0.3, 0.4) is 0 Å². The normalized spacial score (nSPS) is 11.4. The fourth-order valence-corrected chi connectivity index (χ4v) is 3.49. The quantitative estimate of drug-likeness (QED) is 0.173. The molecule has 1 heteroatoms. The molecule has 5 aromatic rings. The van der Waals surface area contributed by atoms with E-state index in [1.807, 2.05) is 6.07 Å². The number of hydrogen-bond acceptors (Lipinski definition) is 0. The predicted octanol–water partition coefficient (Wildman–Crippen LogP) is 2.54. The third kappa shape index (κ3) is 1.58. The maximum Gasteiger partial charge on any atom is 1.00 e. The summed E-state index contributed by atoms with van der Waals surface area (Å²) in [4.78, 5) is 0. The molecule has 0 saturated heterocycles. The van der Waals surface area contributed by atoms with Crippen LogP contribution in [-0.4, -0.2) is 0 Å². The van der Waals surface area contributed by atoms with Gasteiger partial charge in [0.25, 0.3) is 0 Å². The Balaban J connectivity index is 0.00000115. The molecule has 21 heavy (non-hydrogen) atoms. The zero-order chi connectivity index (χ0) is 13.1. The predicted molar refractivity (Wildman–Crippen MR) is 86.5 cm³/mol. The molecule has 0 heterocycles. The molecule has 92 valence electrons. The first-order valence-electron chi connectivity index (χ1n) is 6.89. The minimum absolute atomic E-state index is 0. The largest absolute Gasteiger partial charge is 1.00 e. The Labute approximate surface area is 134 Å². The van der Waals surface area contributed by atoms with E-state index in [1.165, 1.54) is 43.1 Å². The Morgan fingerprint density at radius 2 is 1.14 bits per heavy atom. The van der Waals surface area contributed by atoms with Crippen molar-refractivity contribution in [3.63, 3.8) is 0 Å². The van der Waals surface area contributed by atoms with Gasteiger partial charge in [-0.3, -0.25) is 0 Å². The minimum Gasteiger partial charge on any atom is -0.146 e. The summed E-state index contributed by atoms with van der Waals surface area (Å²) in [7, 11) is 0. The van der Waals surface area contributed by atoms with E-state index in [0.717, 1.165) is 0 Å². The average molecular weight is 258 g/mol. The molecule has 0 spiro atoms. The Bertz CT molecular complexity index is 923. The van der Waals surface area contributed by atoms with E-state index in [1.54, 1.807) is 0 Å². The smallest absolute Gasteiger partial charge is 0.146 e. The van der Waals surface area contributed by atoms with Gasteiger partial charge >= 0.3 is 18.9 Å². The topological polar surface area (TPSA) is 0 Å². The molecule has 0 bridgehead atoms. The molecular weight excluding hydrogens is 247 g/mol. The first-order valence-corrected chi connectivity index (χ1v) is 6.89. The van der Waals surface area contributed by atoms with Gasteiger partial charge in [0.15, 0.2) is 0 Å². The van der Waals surface area contributed by atoms with Crippen LogP contribution in [0.4, 0.5) is 0 Å². The van der Waals surface area contributed by atoms with Crippen molar-refractivity contribution in [2.45, 2.75) is 0 Å². The molecule has 0 nitrogen and oxygen atoms in total. The molecule has 0 fully saturated rings. The van der Waals surface area contributed by atoms with Gasteiger partial charge < -0.3 is 0 Å². The van der Waals surface area contributed by atoms with Crippen LogP contribution in [-0.2, 0) is 0 Å². The van der Waals surface area contributed by atoms with Gasteiger partial charge in [-0.1, -0.05) is 70.8 Å². The third-order valence-corrected chi connectivity index (χ3v) is 4.30. The van der Waals surface area contributed by atoms with Crippen molar-refractivity contribution < 1.29 is 18.9 Å². The van der Waals surface area contributed by atoms with Crippen LogP contribution < -0.4 is 18.9 Å². The van der Waals surface area contributed by atoms with Crippen molar-refractivity contribution in [2.24, 2.45) is 0 Å². The van der Waals surface area contributed by atoms with Crippen LogP contribution in [0.2, 0.25) is 0 Å². The zero-order valence-electron chi connectivity index (χ0n) is 11.9. The molecule has 0 aliphatic carbocycles. The van der Waals surface area contributed by atoms with Gasteiger partial charge in [-0.25, -0.2) is 0 Å². The summed E-state index contributed by atoms with van der Waals surface area (Å²) in [5.41, 5.74) is 0. The third-order valence-electron chi connectivity index (χ3n) is 4.30. The van der Waals surface area contributed by atoms with Gasteiger partial charge in [0, 0.05) is 0 Å². The fourth-order valence-electron chi connectivity index (χ4n) is 3.49. The standard InChI is InChI=1S/C20H11.Li/c1-5-13-6-2-11-17-18-12-4-8-14-7-3-10-16(20(14)18)15(9-1)19(13)17;/h1-11H;/q-1;+1. The molecule has 0 radical (unpaired) electrons. The number of fused-ring (bicyclic) bond motifs is 2. The van der Waals surface area contributed by atoms with E-state index in [0.29, 0.717) is 0 Å². The molecule has 0 saturated carbocycles. The van der Waals surface area contributed by atoms with Crippen LogP contribution in [0, 0.1) is 6.07 Å². The summed E-state index contributed by atoms with van der Waals surface area (Å²) in [6.45, 7) is 0. The van der Waals surface area contributed by atoms with Gasteiger partial charge in [0.2, 0.25) is 0 Å². The molecular formula is C20H11Li. The monoisotopic (exact) mass is 258 g/mol. The number of hydrogen-bond donors (Lipinski definition) is 0. The van der Waals surface area contributed by atoms with Gasteiger partial charge in [-0.2, -0.15) is 0 Å². The summed E-state index contributed by atoms with van der Waals surface area (Å²) >= 11 is 0. The summed E-state index contributed by atoms with van der Waals surface area (Å²) in [5, 5.41) is 10.5. The maximum absolute atomic E-state index is 3.45. The van der Waals surface area contributed by atoms with Crippen molar-refractivity contribution in [1.29, 1.82) is 0 Å². The maximum atomic E-state index is 3.45. The van der Waals surface area contributed by atoms with Crippen LogP contribution in [0.5, 0.6) is 0 Å². The van der Waals surface area contributed by atoms with Gasteiger partial charge in [0.1, 0.15) is 0 Å². The van der Waals surface area contributed by atoms with E-state index < -0.39 is 0 Å². The van der Waals surface area contributed by atoms with Crippen molar-refractivity contribution in [1.82, 2.24) is 0 Å². The average Bonchev–Trinajstić information content (AvgIpc) is 2.52. The van der Waals surface area contributed by atoms with Crippen LogP contribution >= 0.6 is 0 Å². The molecule has 0 aromatic heterocycles. The molecule has 0 aliphatic rings. The molecule has 5 aromatic carbocycles. The van der Waals surface area contributed by atoms with Crippen LogP contribution in [0.25, 0.3) is 43.1 Å². The van der Waals surface area contributed by atoms with E-state index in [2.05, 4.69) is 66.7 Å². The van der Waals surface area contributed by atoms with Gasteiger partial charge in [-0.15, -0.1) is 29.0 Å². The second-order valence-corrected chi connectivity index (χ2v) is 5.33. The van der Waals surface area contributed by atoms with Crippen molar-refractivity contribution >= 4 is 43.1 Å². The second-order valence-electron chi connectivity index (χ2n) is 5.33. The summed E-state index contributed by atoms with van der Waals surface area (Å²) in [5.74, 6) is 0. The molecule has 0 N–H and O–H groups in total. The Hall–Kier alpha value is -2.00. The molecule has 0 amide bonds. The summed E-state index contributed by atoms with van der Waals surface area (Å²) in [6, 6.07) is 27.3. The Kier molecular flexibility index (Phi) is 2.72. The summed E-state index contributed by atoms with van der Waals surface area (Å²) in [6.07, 6.45) is 0. The van der Waals surface area contributed by atoms with Gasteiger partial charge in [0.05, 0.1) is 0 Å². The molecule has 0 atom stereocenters. The summed E-state index contributed by atoms with van der Waals surface area (Å²) < 4.78 is 0. The molecule has 5 rings (SSSR count). The van der Waals surface area contributed by atoms with Crippen molar-refractivity contribution in [2.75, 3.05) is 0 Å². The van der Waals surface area contributed by atoms with Crippen LogP contribution in [0.15, 0.2) is 66.7 Å². The Morgan fingerprint density at radius 1 is 0.571 bits per heavy atom.